The second-order valence-corrected chi connectivity index (χ2v) is 9.17. The zero-order valence-corrected chi connectivity index (χ0v) is 17.3. The summed E-state index contributed by atoms with van der Waals surface area (Å²) in [5.41, 5.74) is 2.49. The highest BCUT2D eigenvalue weighted by molar-refractivity contribution is 7.91. The van der Waals surface area contributed by atoms with Crippen LogP contribution < -0.4 is 10.1 Å². The number of rotatable bonds is 5. The van der Waals surface area contributed by atoms with E-state index in [1.807, 2.05) is 13.0 Å². The summed E-state index contributed by atoms with van der Waals surface area (Å²) in [5.74, 6) is 0.329. The first-order valence-electron chi connectivity index (χ1n) is 9.07. The van der Waals surface area contributed by atoms with E-state index in [-0.39, 0.29) is 23.1 Å². The Morgan fingerprint density at radius 2 is 2.03 bits per heavy atom. The first-order valence-corrected chi connectivity index (χ1v) is 10.9. The number of anilines is 1. The summed E-state index contributed by atoms with van der Waals surface area (Å²) in [5, 5.41) is 16.6. The van der Waals surface area contributed by atoms with Crippen LogP contribution in [0.15, 0.2) is 29.8 Å². The van der Waals surface area contributed by atoms with Gasteiger partial charge in [-0.1, -0.05) is 0 Å². The molecule has 0 unspecified atom stereocenters. The molecule has 1 fully saturated rings. The molecule has 2 aromatic rings. The highest BCUT2D eigenvalue weighted by Gasteiger charge is 2.31. The van der Waals surface area contributed by atoms with Gasteiger partial charge < -0.3 is 10.1 Å². The van der Waals surface area contributed by atoms with Crippen LogP contribution in [0.4, 0.5) is 5.69 Å². The largest absolute Gasteiger partial charge is 0.497 e. The molecule has 1 amide bonds. The Kier molecular flexibility index (Phi) is 5.75. The van der Waals surface area contributed by atoms with E-state index in [1.54, 1.807) is 43.0 Å². The molecule has 1 aromatic heterocycles. The van der Waals surface area contributed by atoms with Crippen molar-refractivity contribution in [1.29, 1.82) is 5.26 Å². The molecular weight excluding hydrogens is 392 g/mol. The maximum atomic E-state index is 12.5. The van der Waals surface area contributed by atoms with Gasteiger partial charge in [-0.05, 0) is 50.6 Å². The first-order chi connectivity index (χ1) is 13.7. The maximum Gasteiger partial charge on any atom is 0.266 e. The van der Waals surface area contributed by atoms with Crippen LogP contribution in [0, 0.1) is 25.2 Å². The van der Waals surface area contributed by atoms with Gasteiger partial charge in [-0.25, -0.2) is 8.42 Å². The fourth-order valence-electron chi connectivity index (χ4n) is 3.37. The third kappa shape index (κ3) is 4.49. The fraction of sp³-hybridized carbons (Fsp3) is 0.350. The van der Waals surface area contributed by atoms with Crippen LogP contribution in [-0.2, 0) is 14.6 Å². The first kappa shape index (κ1) is 20.6. The van der Waals surface area contributed by atoms with Gasteiger partial charge in [0, 0.05) is 16.9 Å². The topological polar surface area (TPSA) is 114 Å². The number of aryl methyl sites for hydroxylation is 1. The lowest BCUT2D eigenvalue weighted by molar-refractivity contribution is -0.112. The predicted octanol–water partition coefficient (Wildman–Crippen LogP) is 2.41. The third-order valence-electron chi connectivity index (χ3n) is 4.94. The molecule has 1 aliphatic heterocycles. The number of methoxy groups -OCH3 is 1. The molecule has 0 bridgehead atoms. The van der Waals surface area contributed by atoms with E-state index in [4.69, 9.17) is 4.74 Å². The number of nitriles is 1. The number of amides is 1. The Hall–Kier alpha value is -3.12. The Bertz CT molecular complexity index is 1110. The quantitative estimate of drug-likeness (QED) is 0.594. The smallest absolute Gasteiger partial charge is 0.266 e. The van der Waals surface area contributed by atoms with E-state index in [2.05, 4.69) is 10.4 Å². The van der Waals surface area contributed by atoms with Crippen molar-refractivity contribution in [2.75, 3.05) is 23.9 Å². The van der Waals surface area contributed by atoms with Crippen molar-refractivity contribution in [3.05, 3.63) is 46.8 Å². The lowest BCUT2D eigenvalue weighted by Crippen LogP contribution is -2.14. The summed E-state index contributed by atoms with van der Waals surface area (Å²) in [6, 6.07) is 8.49. The Morgan fingerprint density at radius 3 is 2.59 bits per heavy atom. The zero-order chi connectivity index (χ0) is 21.2. The molecule has 1 aromatic carbocycles. The van der Waals surface area contributed by atoms with E-state index >= 15 is 0 Å². The van der Waals surface area contributed by atoms with Crippen molar-refractivity contribution < 1.29 is 17.9 Å². The van der Waals surface area contributed by atoms with Gasteiger partial charge >= 0.3 is 0 Å². The number of hydrogen-bond donors (Lipinski definition) is 1. The summed E-state index contributed by atoms with van der Waals surface area (Å²) in [6.07, 6.45) is 2.01. The second-order valence-electron chi connectivity index (χ2n) is 6.94. The van der Waals surface area contributed by atoms with Gasteiger partial charge in [0.25, 0.3) is 5.91 Å². The molecule has 1 N–H and O–H groups in total. The van der Waals surface area contributed by atoms with Gasteiger partial charge in [0.2, 0.25) is 0 Å². The summed E-state index contributed by atoms with van der Waals surface area (Å²) in [7, 11) is -1.49. The van der Waals surface area contributed by atoms with Crippen LogP contribution in [0.5, 0.6) is 5.75 Å². The molecule has 0 saturated carbocycles. The molecule has 1 saturated heterocycles. The molecule has 9 heteroatoms. The van der Waals surface area contributed by atoms with E-state index in [1.165, 1.54) is 6.08 Å². The Morgan fingerprint density at radius 1 is 1.34 bits per heavy atom. The molecule has 152 valence electrons. The third-order valence-corrected chi connectivity index (χ3v) is 6.69. The summed E-state index contributed by atoms with van der Waals surface area (Å²) in [4.78, 5) is 12.5. The van der Waals surface area contributed by atoms with Gasteiger partial charge in [0.05, 0.1) is 30.4 Å². The lowest BCUT2D eigenvalue weighted by Gasteiger charge is -2.11. The molecule has 0 radical (unpaired) electrons. The van der Waals surface area contributed by atoms with Crippen molar-refractivity contribution in [3.8, 4) is 11.8 Å². The fourth-order valence-corrected chi connectivity index (χ4v) is 5.07. The van der Waals surface area contributed by atoms with Gasteiger partial charge in [0.15, 0.2) is 9.84 Å². The van der Waals surface area contributed by atoms with Gasteiger partial charge in [0.1, 0.15) is 17.4 Å². The average Bonchev–Trinajstić information content (AvgIpc) is 3.19. The molecule has 8 nitrogen and oxygen atoms in total. The van der Waals surface area contributed by atoms with E-state index in [0.717, 1.165) is 5.69 Å². The normalized spacial score (nSPS) is 18.3. The highest BCUT2D eigenvalue weighted by Crippen LogP contribution is 2.28. The Labute approximate surface area is 169 Å². The minimum atomic E-state index is -3.05. The minimum Gasteiger partial charge on any atom is -0.497 e. The number of sulfone groups is 1. The Balaban J connectivity index is 1.85. The number of carbonyl (C=O) groups excluding carboxylic acids is 1. The van der Waals surface area contributed by atoms with Gasteiger partial charge in [-0.15, -0.1) is 0 Å². The monoisotopic (exact) mass is 414 g/mol. The van der Waals surface area contributed by atoms with Crippen molar-refractivity contribution in [2.45, 2.75) is 26.3 Å². The summed E-state index contributed by atoms with van der Waals surface area (Å²) in [6.45, 7) is 3.59. The molecule has 3 rings (SSSR count). The molecule has 29 heavy (non-hydrogen) atoms. The highest BCUT2D eigenvalue weighted by atomic mass is 32.2. The number of aromatic nitrogens is 2. The maximum absolute atomic E-state index is 12.5. The van der Waals surface area contributed by atoms with Crippen LogP contribution >= 0.6 is 0 Å². The van der Waals surface area contributed by atoms with E-state index in [9.17, 15) is 18.5 Å². The zero-order valence-electron chi connectivity index (χ0n) is 16.5. The molecule has 1 atom stereocenters. The minimum absolute atomic E-state index is 0.0567. The number of hydrogen-bond acceptors (Lipinski definition) is 6. The number of ether oxygens (including phenoxy) is 1. The number of nitrogens with zero attached hydrogens (tertiary/aromatic N) is 3. The van der Waals surface area contributed by atoms with Crippen LogP contribution in [0.3, 0.4) is 0 Å². The van der Waals surface area contributed by atoms with E-state index in [0.29, 0.717) is 29.1 Å². The molecule has 1 aliphatic rings. The van der Waals surface area contributed by atoms with Crippen molar-refractivity contribution >= 4 is 27.5 Å². The lowest BCUT2D eigenvalue weighted by atomic mass is 10.1. The van der Waals surface area contributed by atoms with Crippen LogP contribution in [0.1, 0.15) is 29.4 Å². The average molecular weight is 414 g/mol. The summed E-state index contributed by atoms with van der Waals surface area (Å²) < 4.78 is 30.4. The number of carbonyl (C=O) groups is 1. The number of nitrogens with one attached hydrogen (secondary N) is 1. The van der Waals surface area contributed by atoms with Crippen molar-refractivity contribution in [3.63, 3.8) is 0 Å². The summed E-state index contributed by atoms with van der Waals surface area (Å²) >= 11 is 0. The molecular formula is C20H22N4O4S. The predicted molar refractivity (Wildman–Crippen MR) is 109 cm³/mol. The number of benzene rings is 1. The SMILES string of the molecule is COc1ccc(NC(=O)/C(C#N)=C/c2c(C)nn([C@H]3CCS(=O)(=O)C3)c2C)cc1. The van der Waals surface area contributed by atoms with Crippen LogP contribution in [0.2, 0.25) is 0 Å². The van der Waals surface area contributed by atoms with Crippen LogP contribution in [-0.4, -0.2) is 42.7 Å². The second kappa shape index (κ2) is 8.09. The van der Waals surface area contributed by atoms with Crippen molar-refractivity contribution in [2.24, 2.45) is 0 Å². The van der Waals surface area contributed by atoms with E-state index < -0.39 is 15.7 Å². The van der Waals surface area contributed by atoms with Crippen molar-refractivity contribution in [1.82, 2.24) is 9.78 Å². The molecule has 2 heterocycles. The molecule has 0 spiro atoms. The van der Waals surface area contributed by atoms with Crippen LogP contribution in [0.25, 0.3) is 6.08 Å². The van der Waals surface area contributed by atoms with Gasteiger partial charge in [-0.2, -0.15) is 10.4 Å². The standard InChI is InChI=1S/C20H22N4O4S/c1-13-19(14(2)24(23-13)17-8-9-29(26,27)12-17)10-15(11-21)20(25)22-16-4-6-18(28-3)7-5-16/h4-7,10,17H,8-9,12H2,1-3H3,(H,22,25)/b15-10+/t17-/m0/s1. The van der Waals surface area contributed by atoms with Gasteiger partial charge in [-0.3, -0.25) is 9.48 Å². The molecule has 0 aliphatic carbocycles.